The first-order valence-corrected chi connectivity index (χ1v) is 7.68. The average molecular weight is 305 g/mol. The van der Waals surface area contributed by atoms with E-state index in [-0.39, 0.29) is 18.0 Å². The van der Waals surface area contributed by atoms with E-state index in [4.69, 9.17) is 0 Å². The van der Waals surface area contributed by atoms with Crippen LogP contribution in [-0.4, -0.2) is 48.9 Å². The zero-order chi connectivity index (χ0) is 16.7. The van der Waals surface area contributed by atoms with Crippen molar-refractivity contribution in [3.8, 4) is 0 Å². The fraction of sp³-hybridized carbons (Fsp3) is 0.529. The van der Waals surface area contributed by atoms with Gasteiger partial charge in [0.2, 0.25) is 5.91 Å². The minimum atomic E-state index is -0.113. The number of urea groups is 1. The number of nitrogens with zero attached hydrogens (tertiary/aromatic N) is 2. The number of hydrogen-bond acceptors (Lipinski definition) is 2. The van der Waals surface area contributed by atoms with Gasteiger partial charge in [-0.3, -0.25) is 4.79 Å². The highest BCUT2D eigenvalue weighted by molar-refractivity contribution is 5.89. The molecule has 0 aliphatic heterocycles. The highest BCUT2D eigenvalue weighted by atomic mass is 16.2. The molecule has 22 heavy (non-hydrogen) atoms. The van der Waals surface area contributed by atoms with Crippen LogP contribution in [0.2, 0.25) is 0 Å². The maximum absolute atomic E-state index is 12.1. The Bertz CT molecular complexity index is 497. The summed E-state index contributed by atoms with van der Waals surface area (Å²) >= 11 is 0. The van der Waals surface area contributed by atoms with Crippen LogP contribution >= 0.6 is 0 Å². The Hall–Kier alpha value is -2.04. The zero-order valence-electron chi connectivity index (χ0n) is 14.2. The van der Waals surface area contributed by atoms with E-state index in [0.29, 0.717) is 6.42 Å². The molecule has 1 N–H and O–H groups in total. The molecule has 0 spiro atoms. The summed E-state index contributed by atoms with van der Waals surface area (Å²) in [6, 6.07) is 7.49. The second-order valence-corrected chi connectivity index (χ2v) is 5.84. The van der Waals surface area contributed by atoms with Gasteiger partial charge in [-0.15, -0.1) is 0 Å². The third kappa shape index (κ3) is 5.39. The first-order valence-electron chi connectivity index (χ1n) is 7.68. The molecule has 1 aromatic rings. The van der Waals surface area contributed by atoms with Gasteiger partial charge in [0, 0.05) is 32.9 Å². The molecule has 0 saturated heterocycles. The molecule has 0 saturated carbocycles. The second-order valence-electron chi connectivity index (χ2n) is 5.84. The molecule has 0 heterocycles. The summed E-state index contributed by atoms with van der Waals surface area (Å²) in [6.45, 7) is 4.15. The Morgan fingerprint density at radius 1 is 1.14 bits per heavy atom. The van der Waals surface area contributed by atoms with Crippen molar-refractivity contribution in [3.63, 3.8) is 0 Å². The summed E-state index contributed by atoms with van der Waals surface area (Å²) in [6.07, 6.45) is 2.40. The van der Waals surface area contributed by atoms with Gasteiger partial charge in [-0.2, -0.15) is 0 Å². The largest absolute Gasteiger partial charge is 0.349 e. The Morgan fingerprint density at radius 2 is 1.73 bits per heavy atom. The number of nitrogens with one attached hydrogen (secondary N) is 1. The topological polar surface area (TPSA) is 52.7 Å². The van der Waals surface area contributed by atoms with Gasteiger partial charge in [0.25, 0.3) is 0 Å². The van der Waals surface area contributed by atoms with Gasteiger partial charge in [-0.25, -0.2) is 4.79 Å². The van der Waals surface area contributed by atoms with Crippen LogP contribution in [0.3, 0.4) is 0 Å². The van der Waals surface area contributed by atoms with Gasteiger partial charge in [0.15, 0.2) is 0 Å². The fourth-order valence-electron chi connectivity index (χ4n) is 2.06. The van der Waals surface area contributed by atoms with Gasteiger partial charge in [-0.1, -0.05) is 25.5 Å². The Kier molecular flexibility index (Phi) is 6.89. The first kappa shape index (κ1) is 18.0. The van der Waals surface area contributed by atoms with E-state index in [9.17, 15) is 9.59 Å². The van der Waals surface area contributed by atoms with Crippen LogP contribution in [-0.2, 0) is 11.2 Å². The van der Waals surface area contributed by atoms with Gasteiger partial charge in [-0.05, 0) is 31.0 Å². The van der Waals surface area contributed by atoms with E-state index in [1.807, 2.05) is 31.2 Å². The standard InChI is InChI=1S/C17H27N3O2/c1-6-7-13(2)20(5)17(22)18-15-10-8-14(9-11-15)12-16(21)19(3)4/h8-11,13H,6-7,12H2,1-5H3,(H,18,22)/t13-/m1/s1. The van der Waals surface area contributed by atoms with Crippen molar-refractivity contribution in [2.75, 3.05) is 26.5 Å². The highest BCUT2D eigenvalue weighted by Gasteiger charge is 2.15. The lowest BCUT2D eigenvalue weighted by Gasteiger charge is -2.24. The number of rotatable bonds is 6. The molecule has 5 heteroatoms. The van der Waals surface area contributed by atoms with E-state index in [1.165, 1.54) is 0 Å². The van der Waals surface area contributed by atoms with Crippen molar-refractivity contribution in [1.29, 1.82) is 0 Å². The van der Waals surface area contributed by atoms with Gasteiger partial charge < -0.3 is 15.1 Å². The molecule has 0 radical (unpaired) electrons. The summed E-state index contributed by atoms with van der Waals surface area (Å²) in [5.74, 6) is 0.0601. The number of amides is 3. The Balaban J connectivity index is 2.60. The molecule has 3 amide bonds. The summed E-state index contributed by atoms with van der Waals surface area (Å²) in [5, 5.41) is 2.88. The van der Waals surface area contributed by atoms with E-state index in [2.05, 4.69) is 12.2 Å². The summed E-state index contributed by atoms with van der Waals surface area (Å²) < 4.78 is 0. The van der Waals surface area contributed by atoms with Crippen molar-refractivity contribution in [1.82, 2.24) is 9.80 Å². The van der Waals surface area contributed by atoms with Crippen LogP contribution in [0.5, 0.6) is 0 Å². The maximum atomic E-state index is 12.1. The lowest BCUT2D eigenvalue weighted by atomic mass is 10.1. The molecule has 122 valence electrons. The molecule has 0 unspecified atom stereocenters. The van der Waals surface area contributed by atoms with E-state index in [0.717, 1.165) is 24.1 Å². The molecular formula is C17H27N3O2. The lowest BCUT2D eigenvalue weighted by Crippen LogP contribution is -2.38. The number of anilines is 1. The monoisotopic (exact) mass is 305 g/mol. The van der Waals surface area contributed by atoms with E-state index >= 15 is 0 Å². The minimum Gasteiger partial charge on any atom is -0.349 e. The molecule has 0 aliphatic rings. The SMILES string of the molecule is CCC[C@@H](C)N(C)C(=O)Nc1ccc(CC(=O)N(C)C)cc1. The number of carbonyl (C=O) groups is 2. The van der Waals surface area contributed by atoms with Crippen LogP contribution in [0.4, 0.5) is 10.5 Å². The molecular weight excluding hydrogens is 278 g/mol. The Morgan fingerprint density at radius 3 is 2.23 bits per heavy atom. The molecule has 1 rings (SSSR count). The van der Waals surface area contributed by atoms with Crippen molar-refractivity contribution in [2.45, 2.75) is 39.2 Å². The number of likely N-dealkylation sites (N-methyl/N-ethyl adjacent to an activating group) is 1. The molecule has 1 aromatic carbocycles. The quantitative estimate of drug-likeness (QED) is 0.878. The van der Waals surface area contributed by atoms with Crippen molar-refractivity contribution < 1.29 is 9.59 Å². The fourth-order valence-corrected chi connectivity index (χ4v) is 2.06. The third-order valence-electron chi connectivity index (χ3n) is 3.75. The zero-order valence-corrected chi connectivity index (χ0v) is 14.2. The molecule has 1 atom stereocenters. The predicted octanol–water partition coefficient (Wildman–Crippen LogP) is 2.97. The summed E-state index contributed by atoms with van der Waals surface area (Å²) in [5.41, 5.74) is 1.67. The second kappa shape index (κ2) is 8.41. The normalized spacial score (nSPS) is 11.7. The van der Waals surface area contributed by atoms with Crippen LogP contribution in [0.25, 0.3) is 0 Å². The van der Waals surface area contributed by atoms with Gasteiger partial charge in [0.1, 0.15) is 0 Å². The molecule has 0 aliphatic carbocycles. The van der Waals surface area contributed by atoms with Crippen molar-refractivity contribution >= 4 is 17.6 Å². The predicted molar refractivity (Wildman–Crippen MR) is 90.0 cm³/mol. The third-order valence-corrected chi connectivity index (χ3v) is 3.75. The lowest BCUT2D eigenvalue weighted by molar-refractivity contribution is -0.127. The molecule has 0 bridgehead atoms. The Labute approximate surface area is 133 Å². The minimum absolute atomic E-state index is 0.0601. The summed E-state index contributed by atoms with van der Waals surface area (Å²) in [4.78, 5) is 27.1. The van der Waals surface area contributed by atoms with E-state index < -0.39 is 0 Å². The maximum Gasteiger partial charge on any atom is 0.321 e. The van der Waals surface area contributed by atoms with Gasteiger partial charge >= 0.3 is 6.03 Å². The van der Waals surface area contributed by atoms with E-state index in [1.54, 1.807) is 30.9 Å². The first-order chi connectivity index (χ1) is 10.3. The number of benzene rings is 1. The van der Waals surface area contributed by atoms with Crippen molar-refractivity contribution in [2.24, 2.45) is 0 Å². The average Bonchev–Trinajstić information content (AvgIpc) is 2.48. The van der Waals surface area contributed by atoms with Crippen molar-refractivity contribution in [3.05, 3.63) is 29.8 Å². The van der Waals surface area contributed by atoms with Crippen LogP contribution in [0.1, 0.15) is 32.3 Å². The van der Waals surface area contributed by atoms with Crippen LogP contribution in [0.15, 0.2) is 24.3 Å². The van der Waals surface area contributed by atoms with Crippen LogP contribution < -0.4 is 5.32 Å². The number of hydrogen-bond donors (Lipinski definition) is 1. The summed E-state index contributed by atoms with van der Waals surface area (Å²) in [7, 11) is 5.29. The molecule has 0 aromatic heterocycles. The molecule has 5 nitrogen and oxygen atoms in total. The number of carbonyl (C=O) groups excluding carboxylic acids is 2. The molecule has 0 fully saturated rings. The van der Waals surface area contributed by atoms with Crippen LogP contribution in [0, 0.1) is 0 Å². The highest BCUT2D eigenvalue weighted by Crippen LogP contribution is 2.13. The van der Waals surface area contributed by atoms with Gasteiger partial charge in [0.05, 0.1) is 6.42 Å². The smallest absolute Gasteiger partial charge is 0.321 e.